The molecule has 0 radical (unpaired) electrons. The molecule has 0 saturated carbocycles. The molecule has 0 unspecified atom stereocenters. The van der Waals surface area contributed by atoms with Gasteiger partial charge in [0.1, 0.15) is 5.00 Å². The van der Waals surface area contributed by atoms with Gasteiger partial charge in [-0.3, -0.25) is 0 Å². The van der Waals surface area contributed by atoms with Gasteiger partial charge in [-0.2, -0.15) is 4.37 Å². The Balaban J connectivity index is 2.19. The lowest BCUT2D eigenvalue weighted by Gasteiger charge is -2.21. The lowest BCUT2D eigenvalue weighted by Crippen LogP contribution is -2.13. The number of aromatic nitrogens is 1. The van der Waals surface area contributed by atoms with E-state index in [0.29, 0.717) is 0 Å². The number of nitrogens with one attached hydrogen (secondary N) is 1. The highest BCUT2D eigenvalue weighted by molar-refractivity contribution is 7.11. The van der Waals surface area contributed by atoms with Gasteiger partial charge in [-0.15, -0.1) is 0 Å². The van der Waals surface area contributed by atoms with Crippen molar-refractivity contribution in [3.05, 3.63) is 41.6 Å². The minimum atomic E-state index is 0.854. The third-order valence-corrected chi connectivity index (χ3v) is 4.06. The zero-order valence-corrected chi connectivity index (χ0v) is 12.3. The summed E-state index contributed by atoms with van der Waals surface area (Å²) in [6.45, 7) is 7.08. The molecule has 2 aromatic rings. The summed E-state index contributed by atoms with van der Waals surface area (Å²) in [6.07, 6.45) is 0. The highest BCUT2D eigenvalue weighted by Gasteiger charge is 2.24. The molecule has 1 aliphatic heterocycles. The Kier molecular flexibility index (Phi) is 2.92. The van der Waals surface area contributed by atoms with Crippen LogP contribution in [0.2, 0.25) is 0 Å². The molecule has 4 heteroatoms. The van der Waals surface area contributed by atoms with E-state index in [-0.39, 0.29) is 0 Å². The van der Waals surface area contributed by atoms with E-state index in [0.717, 1.165) is 22.9 Å². The van der Waals surface area contributed by atoms with Crippen LogP contribution in [-0.2, 0) is 6.54 Å². The molecule has 0 fully saturated rings. The Morgan fingerprint density at radius 1 is 1.32 bits per heavy atom. The highest BCUT2D eigenvalue weighted by Crippen LogP contribution is 2.44. The Morgan fingerprint density at radius 3 is 2.84 bits per heavy atom. The number of fused-ring (bicyclic) bond motifs is 3. The largest absolute Gasteiger partial charge is 0.345 e. The molecule has 1 aliphatic rings. The van der Waals surface area contributed by atoms with Crippen LogP contribution < -0.4 is 5.32 Å². The normalized spacial score (nSPS) is 13.2. The predicted molar refractivity (Wildman–Crippen MR) is 82.3 cm³/mol. The van der Waals surface area contributed by atoms with Crippen molar-refractivity contribution >= 4 is 22.2 Å². The molecular weight excluding hydrogens is 254 g/mol. The molecule has 0 bridgehead atoms. The zero-order chi connectivity index (χ0) is 13.6. The van der Waals surface area contributed by atoms with Crippen LogP contribution >= 0.6 is 11.5 Å². The van der Waals surface area contributed by atoms with E-state index >= 15 is 0 Å². The molecule has 19 heavy (non-hydrogen) atoms. The molecule has 1 N–H and O–H groups in total. The lowest BCUT2D eigenvalue weighted by molar-refractivity contribution is 0.399. The summed E-state index contributed by atoms with van der Waals surface area (Å²) in [5.74, 6) is 0. The lowest BCUT2D eigenvalue weighted by atomic mass is 9.93. The van der Waals surface area contributed by atoms with Crippen LogP contribution in [0.25, 0.3) is 16.8 Å². The van der Waals surface area contributed by atoms with E-state index in [1.54, 1.807) is 0 Å². The zero-order valence-electron chi connectivity index (χ0n) is 11.4. The molecule has 3 rings (SSSR count). The highest BCUT2D eigenvalue weighted by atomic mass is 32.1. The second-order valence-electron chi connectivity index (χ2n) is 5.22. The van der Waals surface area contributed by atoms with Crippen molar-refractivity contribution in [2.24, 2.45) is 0 Å². The summed E-state index contributed by atoms with van der Waals surface area (Å²) in [6, 6.07) is 6.52. The minimum Gasteiger partial charge on any atom is -0.345 e. The molecule has 0 spiro atoms. The molecule has 98 valence electrons. The van der Waals surface area contributed by atoms with Gasteiger partial charge in [-0.1, -0.05) is 24.3 Å². The first-order chi connectivity index (χ1) is 9.06. The van der Waals surface area contributed by atoms with Crippen LogP contribution in [0.1, 0.15) is 16.8 Å². The Hall–Kier alpha value is -1.65. The molecule has 0 saturated heterocycles. The fourth-order valence-corrected chi connectivity index (χ4v) is 3.26. The van der Waals surface area contributed by atoms with Crippen LogP contribution in [0.3, 0.4) is 0 Å². The average molecular weight is 271 g/mol. The van der Waals surface area contributed by atoms with E-state index < -0.39 is 0 Å². The number of benzene rings is 1. The van der Waals surface area contributed by atoms with Crippen molar-refractivity contribution in [3.63, 3.8) is 0 Å². The van der Waals surface area contributed by atoms with Crippen LogP contribution in [0, 0.1) is 6.92 Å². The Labute approximate surface area is 117 Å². The van der Waals surface area contributed by atoms with Gasteiger partial charge in [-0.05, 0) is 44.2 Å². The second-order valence-corrected chi connectivity index (χ2v) is 6.00. The molecule has 0 atom stereocenters. The van der Waals surface area contributed by atoms with Crippen molar-refractivity contribution in [2.45, 2.75) is 13.5 Å². The molecule has 1 aromatic carbocycles. The summed E-state index contributed by atoms with van der Waals surface area (Å²) in [5, 5.41) is 4.49. The van der Waals surface area contributed by atoms with Gasteiger partial charge in [0.05, 0.1) is 5.69 Å². The van der Waals surface area contributed by atoms with E-state index in [4.69, 9.17) is 0 Å². The SMILES string of the molecule is C=C1Nc2snc(CN(C)C)c2-c2ccc(C)cc21. The minimum absolute atomic E-state index is 0.854. The van der Waals surface area contributed by atoms with Gasteiger partial charge in [0.2, 0.25) is 0 Å². The van der Waals surface area contributed by atoms with Crippen molar-refractivity contribution in [2.75, 3.05) is 19.4 Å². The van der Waals surface area contributed by atoms with Gasteiger partial charge in [0.25, 0.3) is 0 Å². The summed E-state index contributed by atoms with van der Waals surface area (Å²) in [5.41, 5.74) is 7.02. The van der Waals surface area contributed by atoms with E-state index in [1.807, 2.05) is 0 Å². The van der Waals surface area contributed by atoms with Crippen LogP contribution in [0.5, 0.6) is 0 Å². The van der Waals surface area contributed by atoms with Crippen LogP contribution in [0.15, 0.2) is 24.8 Å². The summed E-state index contributed by atoms with van der Waals surface area (Å²) >= 11 is 1.52. The van der Waals surface area contributed by atoms with Crippen molar-refractivity contribution in [1.82, 2.24) is 9.27 Å². The van der Waals surface area contributed by atoms with Crippen molar-refractivity contribution in [3.8, 4) is 11.1 Å². The molecule has 0 amide bonds. The monoisotopic (exact) mass is 271 g/mol. The second kappa shape index (κ2) is 4.47. The molecule has 3 nitrogen and oxygen atoms in total. The van der Waals surface area contributed by atoms with Gasteiger partial charge in [0.15, 0.2) is 0 Å². The third-order valence-electron chi connectivity index (χ3n) is 3.26. The summed E-state index contributed by atoms with van der Waals surface area (Å²) in [4.78, 5) is 2.15. The number of nitrogens with zero attached hydrogens (tertiary/aromatic N) is 2. The van der Waals surface area contributed by atoms with Gasteiger partial charge < -0.3 is 10.2 Å². The maximum Gasteiger partial charge on any atom is 0.122 e. The molecule has 0 aliphatic carbocycles. The topological polar surface area (TPSA) is 28.2 Å². The van der Waals surface area contributed by atoms with Crippen LogP contribution in [-0.4, -0.2) is 23.4 Å². The number of rotatable bonds is 2. The first-order valence-corrected chi connectivity index (χ1v) is 7.04. The number of anilines is 1. The quantitative estimate of drug-likeness (QED) is 0.905. The molecule has 1 aromatic heterocycles. The first-order valence-electron chi connectivity index (χ1n) is 6.27. The van der Waals surface area contributed by atoms with Crippen molar-refractivity contribution in [1.29, 1.82) is 0 Å². The van der Waals surface area contributed by atoms with Gasteiger partial charge >= 0.3 is 0 Å². The fraction of sp³-hybridized carbons (Fsp3) is 0.267. The molecular formula is C15H17N3S. The van der Waals surface area contributed by atoms with E-state index in [1.165, 1.54) is 33.8 Å². The maximum atomic E-state index is 4.59. The first kappa shape index (κ1) is 12.4. The smallest absolute Gasteiger partial charge is 0.122 e. The van der Waals surface area contributed by atoms with Gasteiger partial charge in [0, 0.05) is 23.4 Å². The Bertz CT molecular complexity index is 655. The van der Waals surface area contributed by atoms with Gasteiger partial charge in [-0.25, -0.2) is 0 Å². The maximum absolute atomic E-state index is 4.59. The third kappa shape index (κ3) is 2.07. The number of hydrogen-bond acceptors (Lipinski definition) is 4. The van der Waals surface area contributed by atoms with Crippen molar-refractivity contribution < 1.29 is 0 Å². The van der Waals surface area contributed by atoms with Crippen LogP contribution in [0.4, 0.5) is 5.00 Å². The number of aryl methyl sites for hydroxylation is 1. The summed E-state index contributed by atoms with van der Waals surface area (Å²) < 4.78 is 4.59. The molecule has 2 heterocycles. The van der Waals surface area contributed by atoms with E-state index in [9.17, 15) is 0 Å². The predicted octanol–water partition coefficient (Wildman–Crippen LogP) is 3.58. The number of hydrogen-bond donors (Lipinski definition) is 1. The standard InChI is InChI=1S/C15H17N3S/c1-9-5-6-11-12(7-9)10(2)16-15-14(11)13(17-19-15)8-18(3)4/h5-7,16H,2,8H2,1,3-4H3. The Morgan fingerprint density at radius 2 is 2.11 bits per heavy atom. The average Bonchev–Trinajstić information content (AvgIpc) is 2.72. The van der Waals surface area contributed by atoms with E-state index in [2.05, 4.69) is 60.4 Å². The fourth-order valence-electron chi connectivity index (χ4n) is 2.42. The summed E-state index contributed by atoms with van der Waals surface area (Å²) in [7, 11) is 4.13.